The third-order valence-corrected chi connectivity index (χ3v) is 25.6. The summed E-state index contributed by atoms with van der Waals surface area (Å²) in [7, 11) is 0. The van der Waals surface area contributed by atoms with E-state index in [9.17, 15) is 0 Å². The molecular weight excluding hydrogens is 1650 g/mol. The molecule has 17 aromatic carbocycles. The number of nitrogens with zero attached hydrogens (tertiary/aromatic N) is 12. The van der Waals surface area contributed by atoms with Gasteiger partial charge in [-0.3, -0.25) is 0 Å². The zero-order valence-electron chi connectivity index (χ0n) is 73.2. The molecule has 12 nitrogen and oxygen atoms in total. The highest BCUT2D eigenvalue weighted by Gasteiger charge is 2.31. The Kier molecular flexibility index (Phi) is 20.9. The Balaban J connectivity index is 0.000000111. The van der Waals surface area contributed by atoms with Crippen LogP contribution in [0, 0.1) is 0 Å². The maximum Gasteiger partial charge on any atom is 0.160 e. The monoisotopic (exact) mass is 1720 g/mol. The lowest BCUT2D eigenvalue weighted by atomic mass is 9.95. The van der Waals surface area contributed by atoms with Crippen LogP contribution >= 0.6 is 0 Å². The minimum atomic E-state index is 0.663. The number of para-hydroxylation sites is 3. The summed E-state index contributed by atoms with van der Waals surface area (Å²) in [6.07, 6.45) is 4.10. The first kappa shape index (κ1) is 80.3. The molecule has 3 aliphatic carbocycles. The van der Waals surface area contributed by atoms with Crippen molar-refractivity contribution in [3.05, 3.63) is 483 Å². The van der Waals surface area contributed by atoms with Crippen molar-refractivity contribution in [3.8, 4) is 192 Å². The maximum absolute atomic E-state index is 5.30. The van der Waals surface area contributed by atoms with Gasteiger partial charge in [0.05, 0.1) is 67.8 Å². The summed E-state index contributed by atoms with van der Waals surface area (Å²) >= 11 is 0. The van der Waals surface area contributed by atoms with Crippen LogP contribution in [0.25, 0.3) is 224 Å². The van der Waals surface area contributed by atoms with Crippen LogP contribution in [0.4, 0.5) is 0 Å². The Morgan fingerprint density at radius 3 is 0.726 bits per heavy atom. The van der Waals surface area contributed by atoms with Crippen LogP contribution in [0.1, 0.15) is 33.4 Å². The van der Waals surface area contributed by atoms with Gasteiger partial charge < -0.3 is 0 Å². The summed E-state index contributed by atoms with van der Waals surface area (Å²) in [4.78, 5) is 61.5. The zero-order chi connectivity index (χ0) is 89.5. The van der Waals surface area contributed by atoms with Crippen molar-refractivity contribution < 1.29 is 0 Å². The van der Waals surface area contributed by atoms with Gasteiger partial charge in [0, 0.05) is 130 Å². The van der Waals surface area contributed by atoms with Gasteiger partial charge in [0.15, 0.2) is 29.1 Å². The molecule has 6 heterocycles. The standard InChI is InChI=1S/2C43H28N4.C37H24N4/c1-4-14-28(15-5-1)32-24-33(26-34(25-32)43-44-38-23-13-12-22-36(38)39(45-43)29-16-6-2-7-17-29)40-37-27-31-20-10-11-21-35(31)41(37)47-42(46-40)30-18-8-3-9-19-30;1-4-14-28(15-5-1)32-24-33(42-44-38-23-13-12-22-36(38)39(45-42)29-16-6-2-7-17-29)26-34(25-32)43-46-40(30-18-8-3-9-19-30)37-27-31-20-10-11-21-35(31)41(37)47-43;1-3-11-24(12-4-1)27-19-28(34-32-22-26-15-7-8-16-30(26)36(32)39-23-38-34)21-29(20-27)37-40-33-18-10-9-17-31(33)35(41-37)25-13-5-2-6-14-25/h2*1-26H,27H2;1-21,23H,22H2. The first-order valence-electron chi connectivity index (χ1n) is 45.5. The van der Waals surface area contributed by atoms with Gasteiger partial charge >= 0.3 is 0 Å². The molecule has 632 valence electrons. The molecular formula is C123H80N12. The predicted octanol–water partition coefficient (Wildman–Crippen LogP) is 29.3. The Morgan fingerprint density at radius 2 is 0.363 bits per heavy atom. The smallest absolute Gasteiger partial charge is 0.160 e. The summed E-state index contributed by atoms with van der Waals surface area (Å²) in [6, 6.07) is 153. The van der Waals surface area contributed by atoms with Crippen LogP contribution in [0.2, 0.25) is 0 Å². The molecule has 6 aromatic heterocycles. The van der Waals surface area contributed by atoms with E-state index in [0.717, 1.165) is 215 Å². The van der Waals surface area contributed by atoms with Crippen LogP contribution in [0.3, 0.4) is 0 Å². The molecule has 0 saturated carbocycles. The quantitative estimate of drug-likeness (QED) is 0.102. The SMILES string of the molecule is c1ccc(-c2cc(-c3nc(-c4ccccc4)c4c(n3)-c3ccccc3C4)cc(-c3nc(-c4ccccc4)c4ccccc4n3)c2)cc1.c1ccc(-c2cc(-c3nc(-c4ccccc4)c4ccccc4n3)cc(-c3nc(-c4ccccc4)nc4c3Cc3ccccc3-4)c2)cc1.c1ccc(-c2cc(-c3nc(-c4ccccc4)c4ccccc4n3)cc(-c3ncnc4c3Cc3ccccc3-4)c2)cc1. The second-order valence-electron chi connectivity index (χ2n) is 34.1. The highest BCUT2D eigenvalue weighted by Crippen LogP contribution is 2.48. The minimum Gasteiger partial charge on any atom is -0.236 e. The first-order valence-corrected chi connectivity index (χ1v) is 45.5. The average Bonchev–Trinajstić information content (AvgIpc) is 1.73. The van der Waals surface area contributed by atoms with E-state index in [2.05, 4.69) is 322 Å². The van der Waals surface area contributed by atoms with Crippen molar-refractivity contribution in [2.75, 3.05) is 0 Å². The largest absolute Gasteiger partial charge is 0.236 e. The molecule has 0 saturated heterocycles. The van der Waals surface area contributed by atoms with Gasteiger partial charge in [0.1, 0.15) is 6.33 Å². The highest BCUT2D eigenvalue weighted by molar-refractivity contribution is 5.99. The third kappa shape index (κ3) is 15.7. The number of fused-ring (bicyclic) bond motifs is 12. The molecule has 12 heteroatoms. The molecule has 0 aliphatic heterocycles. The van der Waals surface area contributed by atoms with E-state index in [1.165, 1.54) is 38.9 Å². The van der Waals surface area contributed by atoms with Gasteiger partial charge in [-0.15, -0.1) is 0 Å². The van der Waals surface area contributed by atoms with Crippen molar-refractivity contribution >= 4 is 32.7 Å². The summed E-state index contributed by atoms with van der Waals surface area (Å²) in [6.45, 7) is 0. The lowest BCUT2D eigenvalue weighted by Crippen LogP contribution is -2.00. The Hall–Kier alpha value is -18.0. The fourth-order valence-electron chi connectivity index (χ4n) is 19.1. The number of hydrogen-bond acceptors (Lipinski definition) is 12. The Bertz CT molecular complexity index is 8470. The fourth-order valence-corrected chi connectivity index (χ4v) is 19.1. The molecule has 0 spiro atoms. The maximum atomic E-state index is 5.30. The Morgan fingerprint density at radius 1 is 0.141 bits per heavy atom. The molecule has 0 fully saturated rings. The van der Waals surface area contributed by atoms with Crippen molar-refractivity contribution in [2.45, 2.75) is 19.3 Å². The van der Waals surface area contributed by atoms with Crippen molar-refractivity contribution in [1.82, 2.24) is 59.8 Å². The Labute approximate surface area is 780 Å². The van der Waals surface area contributed by atoms with Gasteiger partial charge in [-0.1, -0.05) is 370 Å². The van der Waals surface area contributed by atoms with E-state index in [1.54, 1.807) is 6.33 Å². The molecule has 135 heavy (non-hydrogen) atoms. The van der Waals surface area contributed by atoms with Gasteiger partial charge in [-0.2, -0.15) is 0 Å². The minimum absolute atomic E-state index is 0.663. The molecule has 23 aromatic rings. The van der Waals surface area contributed by atoms with Crippen LogP contribution in [0.15, 0.2) is 449 Å². The molecule has 0 bridgehead atoms. The number of rotatable bonds is 14. The van der Waals surface area contributed by atoms with E-state index >= 15 is 0 Å². The summed E-state index contributed by atoms with van der Waals surface area (Å²) in [5, 5.41) is 3.09. The zero-order valence-corrected chi connectivity index (χ0v) is 73.2. The van der Waals surface area contributed by atoms with Crippen molar-refractivity contribution in [1.29, 1.82) is 0 Å². The van der Waals surface area contributed by atoms with Gasteiger partial charge in [0.2, 0.25) is 0 Å². The van der Waals surface area contributed by atoms with Crippen molar-refractivity contribution in [3.63, 3.8) is 0 Å². The van der Waals surface area contributed by atoms with Gasteiger partial charge in [-0.25, -0.2) is 59.8 Å². The normalized spacial score (nSPS) is 11.8. The topological polar surface area (TPSA) is 155 Å². The molecule has 0 atom stereocenters. The number of aromatic nitrogens is 12. The molecule has 0 unspecified atom stereocenters. The lowest BCUT2D eigenvalue weighted by Gasteiger charge is -2.15. The van der Waals surface area contributed by atoms with E-state index in [1.807, 2.05) is 121 Å². The number of hydrogen-bond donors (Lipinski definition) is 0. The molecule has 3 aliphatic rings. The summed E-state index contributed by atoms with van der Waals surface area (Å²) in [5.74, 6) is 3.43. The number of benzene rings is 17. The van der Waals surface area contributed by atoms with Crippen molar-refractivity contribution in [2.24, 2.45) is 0 Å². The molecule has 26 rings (SSSR count). The second-order valence-corrected chi connectivity index (χ2v) is 34.1. The van der Waals surface area contributed by atoms with Gasteiger partial charge in [-0.05, 0) is 123 Å². The molecule has 0 radical (unpaired) electrons. The van der Waals surface area contributed by atoms with E-state index in [0.29, 0.717) is 23.3 Å². The summed E-state index contributed by atoms with van der Waals surface area (Å²) in [5.41, 5.74) is 39.9. The van der Waals surface area contributed by atoms with Crippen LogP contribution in [-0.2, 0) is 19.3 Å². The van der Waals surface area contributed by atoms with E-state index in [-0.39, 0.29) is 0 Å². The van der Waals surface area contributed by atoms with Crippen LogP contribution in [-0.4, -0.2) is 59.8 Å². The van der Waals surface area contributed by atoms with Crippen LogP contribution in [0.5, 0.6) is 0 Å². The third-order valence-electron chi connectivity index (χ3n) is 25.6. The highest BCUT2D eigenvalue weighted by atomic mass is 14.9. The van der Waals surface area contributed by atoms with Crippen LogP contribution < -0.4 is 0 Å². The second kappa shape index (κ2) is 35.1. The first-order chi connectivity index (χ1) is 66.9. The molecule has 0 amide bonds. The predicted molar refractivity (Wildman–Crippen MR) is 546 cm³/mol. The van der Waals surface area contributed by atoms with Gasteiger partial charge in [0.25, 0.3) is 0 Å². The lowest BCUT2D eigenvalue weighted by molar-refractivity contribution is 1.13. The average molecular weight is 1730 g/mol. The summed E-state index contributed by atoms with van der Waals surface area (Å²) < 4.78 is 0. The molecule has 0 N–H and O–H groups in total. The van der Waals surface area contributed by atoms with E-state index < -0.39 is 0 Å². The fraction of sp³-hybridized carbons (Fsp3) is 0.0244. The van der Waals surface area contributed by atoms with E-state index in [4.69, 9.17) is 59.8 Å².